The summed E-state index contributed by atoms with van der Waals surface area (Å²) in [5.41, 5.74) is 0. The van der Waals surface area contributed by atoms with Gasteiger partial charge in [-0.1, -0.05) is 0 Å². The molecule has 1 unspecified atom stereocenters. The van der Waals surface area contributed by atoms with E-state index in [1.807, 2.05) is 6.92 Å². The molecule has 1 rings (SSSR count). The summed E-state index contributed by atoms with van der Waals surface area (Å²) in [7, 11) is 0. The highest BCUT2D eigenvalue weighted by Gasteiger charge is 2.30. The highest BCUT2D eigenvalue weighted by atomic mass is 16.5. The Hall–Kier alpha value is -1.14. The Balaban J connectivity index is 2.36. The van der Waals surface area contributed by atoms with Crippen LogP contribution in [-0.4, -0.2) is 60.9 Å². The van der Waals surface area contributed by atoms with Gasteiger partial charge in [0.2, 0.25) is 0 Å². The predicted octanol–water partition coefficient (Wildman–Crippen LogP) is 0.751. The summed E-state index contributed by atoms with van der Waals surface area (Å²) < 4.78 is 10.5. The molecule has 19 heavy (non-hydrogen) atoms. The van der Waals surface area contributed by atoms with Gasteiger partial charge in [0.15, 0.2) is 0 Å². The molecular weight excluding hydrogens is 250 g/mol. The summed E-state index contributed by atoms with van der Waals surface area (Å²) >= 11 is 0. The number of piperidine rings is 1. The molecule has 1 aliphatic heterocycles. The predicted molar refractivity (Wildman–Crippen MR) is 68.8 cm³/mol. The van der Waals surface area contributed by atoms with Gasteiger partial charge in [-0.15, -0.1) is 0 Å². The minimum Gasteiger partial charge on any atom is -0.481 e. The lowest BCUT2D eigenvalue weighted by atomic mass is 9.98. The summed E-state index contributed by atoms with van der Waals surface area (Å²) in [5, 5.41) is 8.99. The molecular formula is C13H23NO5. The van der Waals surface area contributed by atoms with E-state index in [0.717, 1.165) is 6.42 Å². The second-order valence-electron chi connectivity index (χ2n) is 4.67. The van der Waals surface area contributed by atoms with Crippen molar-refractivity contribution < 1.29 is 24.2 Å². The van der Waals surface area contributed by atoms with Crippen LogP contribution in [0.15, 0.2) is 0 Å². The standard InChI is InChI=1S/C13H23NO5/c1-3-18-7-8-19-10(2)12(15)14-6-4-5-11(9-14)13(16)17/h10-11H,3-9H2,1-2H3,(H,16,17)/t10?,11-/m0/s1. The lowest BCUT2D eigenvalue weighted by molar-refractivity contribution is -0.150. The number of ether oxygens (including phenoxy) is 2. The van der Waals surface area contributed by atoms with E-state index in [2.05, 4.69) is 0 Å². The second-order valence-corrected chi connectivity index (χ2v) is 4.67. The van der Waals surface area contributed by atoms with E-state index in [9.17, 15) is 9.59 Å². The first kappa shape index (κ1) is 15.9. The number of carboxylic acids is 1. The lowest BCUT2D eigenvalue weighted by Gasteiger charge is -2.32. The van der Waals surface area contributed by atoms with Crippen LogP contribution in [0.4, 0.5) is 0 Å². The van der Waals surface area contributed by atoms with E-state index in [0.29, 0.717) is 32.8 Å². The van der Waals surface area contributed by atoms with E-state index in [4.69, 9.17) is 14.6 Å². The third kappa shape index (κ3) is 5.16. The van der Waals surface area contributed by atoms with Crippen molar-refractivity contribution >= 4 is 11.9 Å². The molecule has 1 aliphatic rings. The molecule has 0 aliphatic carbocycles. The molecule has 0 spiro atoms. The first-order valence-electron chi connectivity index (χ1n) is 6.77. The van der Waals surface area contributed by atoms with Crippen molar-refractivity contribution in [2.75, 3.05) is 32.9 Å². The second kappa shape index (κ2) is 8.12. The van der Waals surface area contributed by atoms with E-state index in [1.54, 1.807) is 11.8 Å². The maximum Gasteiger partial charge on any atom is 0.308 e. The molecule has 1 heterocycles. The Bertz CT molecular complexity index is 307. The zero-order valence-electron chi connectivity index (χ0n) is 11.6. The van der Waals surface area contributed by atoms with Crippen molar-refractivity contribution in [1.82, 2.24) is 4.90 Å². The van der Waals surface area contributed by atoms with Gasteiger partial charge in [0.25, 0.3) is 5.91 Å². The fraction of sp³-hybridized carbons (Fsp3) is 0.846. The normalized spacial score (nSPS) is 21.2. The number of hydrogen-bond donors (Lipinski definition) is 1. The number of amides is 1. The van der Waals surface area contributed by atoms with E-state index >= 15 is 0 Å². The van der Waals surface area contributed by atoms with E-state index in [1.165, 1.54) is 0 Å². The molecule has 1 N–H and O–H groups in total. The first-order chi connectivity index (χ1) is 9.06. The van der Waals surface area contributed by atoms with E-state index < -0.39 is 18.0 Å². The molecule has 6 heteroatoms. The number of hydrogen-bond acceptors (Lipinski definition) is 4. The van der Waals surface area contributed by atoms with Gasteiger partial charge >= 0.3 is 5.97 Å². The Labute approximate surface area is 113 Å². The summed E-state index contributed by atoms with van der Waals surface area (Å²) in [4.78, 5) is 24.6. The lowest BCUT2D eigenvalue weighted by Crippen LogP contribution is -2.46. The molecule has 1 saturated heterocycles. The number of carboxylic acid groups (broad SMARTS) is 1. The Morgan fingerprint density at radius 3 is 2.79 bits per heavy atom. The van der Waals surface area contributed by atoms with Crippen LogP contribution in [-0.2, 0) is 19.1 Å². The number of aliphatic carboxylic acids is 1. The average molecular weight is 273 g/mol. The molecule has 110 valence electrons. The molecule has 0 aromatic rings. The maximum absolute atomic E-state index is 12.1. The SMILES string of the molecule is CCOCCOC(C)C(=O)N1CCC[C@H](C(=O)O)C1. The van der Waals surface area contributed by atoms with Gasteiger partial charge in [0.1, 0.15) is 6.10 Å². The average Bonchev–Trinajstić information content (AvgIpc) is 2.42. The smallest absolute Gasteiger partial charge is 0.308 e. The van der Waals surface area contributed by atoms with Crippen molar-refractivity contribution in [3.8, 4) is 0 Å². The molecule has 6 nitrogen and oxygen atoms in total. The molecule has 0 saturated carbocycles. The highest BCUT2D eigenvalue weighted by molar-refractivity contribution is 5.81. The summed E-state index contributed by atoms with van der Waals surface area (Å²) in [6.07, 6.45) is 0.820. The van der Waals surface area contributed by atoms with Crippen LogP contribution < -0.4 is 0 Å². The molecule has 0 radical (unpaired) electrons. The molecule has 0 aromatic carbocycles. The maximum atomic E-state index is 12.1. The van der Waals surface area contributed by atoms with Gasteiger partial charge in [-0.3, -0.25) is 9.59 Å². The fourth-order valence-corrected chi connectivity index (χ4v) is 2.14. The van der Waals surface area contributed by atoms with Crippen LogP contribution in [0.3, 0.4) is 0 Å². The number of rotatable bonds is 7. The van der Waals surface area contributed by atoms with Crippen molar-refractivity contribution in [2.24, 2.45) is 5.92 Å². The van der Waals surface area contributed by atoms with Gasteiger partial charge in [-0.2, -0.15) is 0 Å². The van der Waals surface area contributed by atoms with Crippen molar-refractivity contribution in [3.05, 3.63) is 0 Å². The Kier molecular flexibility index (Phi) is 6.80. The number of carbonyl (C=O) groups excluding carboxylic acids is 1. The minimum absolute atomic E-state index is 0.137. The quantitative estimate of drug-likeness (QED) is 0.693. The summed E-state index contributed by atoms with van der Waals surface area (Å²) in [6, 6.07) is 0. The van der Waals surface area contributed by atoms with Crippen LogP contribution in [0.5, 0.6) is 0 Å². The van der Waals surface area contributed by atoms with Crippen LogP contribution in [0, 0.1) is 5.92 Å². The first-order valence-corrected chi connectivity index (χ1v) is 6.77. The summed E-state index contributed by atoms with van der Waals surface area (Å²) in [6.45, 7) is 5.95. The molecule has 0 aromatic heterocycles. The Morgan fingerprint density at radius 1 is 1.42 bits per heavy atom. The molecule has 1 fully saturated rings. The molecule has 2 atom stereocenters. The van der Waals surface area contributed by atoms with Gasteiger partial charge in [0.05, 0.1) is 19.1 Å². The summed E-state index contributed by atoms with van der Waals surface area (Å²) in [5.74, 6) is -1.42. The van der Waals surface area contributed by atoms with Crippen molar-refractivity contribution in [1.29, 1.82) is 0 Å². The van der Waals surface area contributed by atoms with E-state index in [-0.39, 0.29) is 12.5 Å². The third-order valence-corrected chi connectivity index (χ3v) is 3.23. The van der Waals surface area contributed by atoms with Gasteiger partial charge in [-0.05, 0) is 26.7 Å². The highest BCUT2D eigenvalue weighted by Crippen LogP contribution is 2.17. The number of carbonyl (C=O) groups is 2. The fourth-order valence-electron chi connectivity index (χ4n) is 2.14. The Morgan fingerprint density at radius 2 is 2.16 bits per heavy atom. The van der Waals surface area contributed by atoms with Gasteiger partial charge < -0.3 is 19.5 Å². The van der Waals surface area contributed by atoms with Crippen molar-refractivity contribution in [2.45, 2.75) is 32.8 Å². The minimum atomic E-state index is -0.831. The molecule has 1 amide bonds. The zero-order valence-corrected chi connectivity index (χ0v) is 11.6. The van der Waals surface area contributed by atoms with Crippen molar-refractivity contribution in [3.63, 3.8) is 0 Å². The monoisotopic (exact) mass is 273 g/mol. The zero-order chi connectivity index (χ0) is 14.3. The molecule has 0 bridgehead atoms. The number of nitrogens with zero attached hydrogens (tertiary/aromatic N) is 1. The number of likely N-dealkylation sites (tertiary alicyclic amines) is 1. The van der Waals surface area contributed by atoms with Crippen LogP contribution in [0.1, 0.15) is 26.7 Å². The van der Waals surface area contributed by atoms with Gasteiger partial charge in [0, 0.05) is 19.7 Å². The third-order valence-electron chi connectivity index (χ3n) is 3.23. The van der Waals surface area contributed by atoms with Crippen LogP contribution >= 0.6 is 0 Å². The largest absolute Gasteiger partial charge is 0.481 e. The topological polar surface area (TPSA) is 76.1 Å². The van der Waals surface area contributed by atoms with Crippen LogP contribution in [0.2, 0.25) is 0 Å². The van der Waals surface area contributed by atoms with Gasteiger partial charge in [-0.25, -0.2) is 0 Å². The van der Waals surface area contributed by atoms with Crippen LogP contribution in [0.25, 0.3) is 0 Å².